The third kappa shape index (κ3) is 3.65. The van der Waals surface area contributed by atoms with Crippen LogP contribution in [0.1, 0.15) is 31.2 Å². The highest BCUT2D eigenvalue weighted by atomic mass is 32.2. The van der Waals surface area contributed by atoms with Crippen molar-refractivity contribution in [1.29, 1.82) is 0 Å². The first-order valence-electron chi connectivity index (χ1n) is 9.37. The van der Waals surface area contributed by atoms with E-state index in [-0.39, 0.29) is 16.7 Å². The second-order valence-electron chi connectivity index (χ2n) is 7.20. The van der Waals surface area contributed by atoms with Gasteiger partial charge in [-0.15, -0.1) is 0 Å². The molecule has 1 aromatic heterocycles. The molecule has 2 saturated heterocycles. The fourth-order valence-electron chi connectivity index (χ4n) is 3.94. The molecular formula is C17H29N5O3S. The number of aryl methyl sites for hydroxylation is 2. The third-order valence-corrected chi connectivity index (χ3v) is 7.76. The van der Waals surface area contributed by atoms with E-state index in [1.165, 1.54) is 4.31 Å². The number of piperidine rings is 1. The molecule has 1 aromatic rings. The second kappa shape index (κ2) is 7.66. The van der Waals surface area contributed by atoms with Gasteiger partial charge in [0, 0.05) is 45.2 Å². The molecule has 3 rings (SSSR count). The highest BCUT2D eigenvalue weighted by molar-refractivity contribution is 7.89. The van der Waals surface area contributed by atoms with Gasteiger partial charge in [0.15, 0.2) is 0 Å². The van der Waals surface area contributed by atoms with Gasteiger partial charge in [-0.1, -0.05) is 6.92 Å². The minimum Gasteiger partial charge on any atom is -0.340 e. The summed E-state index contributed by atoms with van der Waals surface area (Å²) >= 11 is 0. The third-order valence-electron chi connectivity index (χ3n) is 5.59. The minimum absolute atomic E-state index is 0.0684. The number of amides is 1. The molecule has 146 valence electrons. The topological polar surface area (TPSA) is 89.6 Å². The SMILES string of the molecule is CCN1CCN(C(=O)C2CCN(S(=O)(=O)c3c(C)n[nH]c3C)CC2)CC1. The van der Waals surface area contributed by atoms with Crippen molar-refractivity contribution in [2.75, 3.05) is 45.8 Å². The second-order valence-corrected chi connectivity index (χ2v) is 9.08. The van der Waals surface area contributed by atoms with Crippen LogP contribution >= 0.6 is 0 Å². The number of hydrogen-bond acceptors (Lipinski definition) is 5. The number of aromatic amines is 1. The Bertz CT molecular complexity index is 725. The van der Waals surface area contributed by atoms with Crippen LogP contribution in [-0.2, 0) is 14.8 Å². The number of hydrogen-bond donors (Lipinski definition) is 1. The Balaban J connectivity index is 1.60. The van der Waals surface area contributed by atoms with Crippen LogP contribution in [0.15, 0.2) is 4.90 Å². The number of H-pyrrole nitrogens is 1. The Morgan fingerprint density at radius 1 is 1.12 bits per heavy atom. The zero-order valence-corrected chi connectivity index (χ0v) is 16.7. The number of rotatable bonds is 4. The summed E-state index contributed by atoms with van der Waals surface area (Å²) in [5.41, 5.74) is 1.06. The Labute approximate surface area is 155 Å². The standard InChI is InChI=1S/C17H29N5O3S/c1-4-20-9-11-21(12-10-20)17(23)15-5-7-22(8-6-15)26(24,25)16-13(2)18-19-14(16)3/h15H,4-12H2,1-3H3,(H,18,19). The summed E-state index contributed by atoms with van der Waals surface area (Å²) in [6, 6.07) is 0. The zero-order valence-electron chi connectivity index (χ0n) is 15.9. The van der Waals surface area contributed by atoms with E-state index in [4.69, 9.17) is 0 Å². The van der Waals surface area contributed by atoms with Crippen LogP contribution in [0.5, 0.6) is 0 Å². The minimum atomic E-state index is -3.56. The predicted octanol–water partition coefficient (Wildman–Crippen LogP) is 0.591. The van der Waals surface area contributed by atoms with E-state index in [9.17, 15) is 13.2 Å². The highest BCUT2D eigenvalue weighted by Gasteiger charge is 2.36. The molecule has 0 aromatic carbocycles. The summed E-state index contributed by atoms with van der Waals surface area (Å²) < 4.78 is 27.3. The van der Waals surface area contributed by atoms with Gasteiger partial charge in [-0.25, -0.2) is 8.42 Å². The number of piperazine rings is 1. The lowest BCUT2D eigenvalue weighted by atomic mass is 9.96. The van der Waals surface area contributed by atoms with Gasteiger partial charge in [0.1, 0.15) is 4.90 Å². The van der Waals surface area contributed by atoms with E-state index in [1.54, 1.807) is 13.8 Å². The van der Waals surface area contributed by atoms with Crippen molar-refractivity contribution in [2.45, 2.75) is 38.5 Å². The van der Waals surface area contributed by atoms with Crippen molar-refractivity contribution in [3.8, 4) is 0 Å². The summed E-state index contributed by atoms with van der Waals surface area (Å²) in [4.78, 5) is 17.3. The Kier molecular flexibility index (Phi) is 5.69. The molecule has 0 unspecified atom stereocenters. The van der Waals surface area contributed by atoms with Crippen LogP contribution in [-0.4, -0.2) is 84.4 Å². The number of nitrogens with one attached hydrogen (secondary N) is 1. The van der Waals surface area contributed by atoms with Gasteiger partial charge in [0.25, 0.3) is 0 Å². The van der Waals surface area contributed by atoms with Gasteiger partial charge in [-0.2, -0.15) is 9.40 Å². The maximum atomic E-state index is 12.9. The van der Waals surface area contributed by atoms with Gasteiger partial charge < -0.3 is 9.80 Å². The van der Waals surface area contributed by atoms with Crippen molar-refractivity contribution in [3.63, 3.8) is 0 Å². The average Bonchev–Trinajstić information content (AvgIpc) is 3.00. The fraction of sp³-hybridized carbons (Fsp3) is 0.765. The van der Waals surface area contributed by atoms with Crippen molar-refractivity contribution < 1.29 is 13.2 Å². The van der Waals surface area contributed by atoms with Crippen LogP contribution in [0.3, 0.4) is 0 Å². The summed E-state index contributed by atoms with van der Waals surface area (Å²) in [6.07, 6.45) is 1.17. The lowest BCUT2D eigenvalue weighted by Crippen LogP contribution is -2.51. The maximum absolute atomic E-state index is 12.9. The number of sulfonamides is 1. The predicted molar refractivity (Wildman–Crippen MR) is 98.2 cm³/mol. The molecule has 2 aliphatic rings. The average molecular weight is 384 g/mol. The van der Waals surface area contributed by atoms with Gasteiger partial charge in [0.2, 0.25) is 15.9 Å². The van der Waals surface area contributed by atoms with E-state index < -0.39 is 10.0 Å². The summed E-state index contributed by atoms with van der Waals surface area (Å²) in [5.74, 6) is 0.120. The van der Waals surface area contributed by atoms with Crippen molar-refractivity contribution in [1.82, 2.24) is 24.3 Å². The molecule has 0 bridgehead atoms. The van der Waals surface area contributed by atoms with Crippen LogP contribution in [0, 0.1) is 19.8 Å². The molecule has 8 nitrogen and oxygen atoms in total. The summed E-state index contributed by atoms with van der Waals surface area (Å²) in [6.45, 7) is 10.7. The molecular weight excluding hydrogens is 354 g/mol. The molecule has 9 heteroatoms. The fourth-order valence-corrected chi connectivity index (χ4v) is 5.74. The van der Waals surface area contributed by atoms with E-state index in [2.05, 4.69) is 22.0 Å². The van der Waals surface area contributed by atoms with Crippen LogP contribution in [0.2, 0.25) is 0 Å². The van der Waals surface area contributed by atoms with Crippen molar-refractivity contribution >= 4 is 15.9 Å². The molecule has 2 fully saturated rings. The van der Waals surface area contributed by atoms with E-state index in [0.717, 1.165) is 32.7 Å². The van der Waals surface area contributed by atoms with Gasteiger partial charge in [-0.3, -0.25) is 9.89 Å². The lowest BCUT2D eigenvalue weighted by molar-refractivity contribution is -0.138. The Hall–Kier alpha value is -1.45. The van der Waals surface area contributed by atoms with Crippen molar-refractivity contribution in [2.24, 2.45) is 5.92 Å². The zero-order chi connectivity index (χ0) is 18.9. The molecule has 0 aliphatic carbocycles. The monoisotopic (exact) mass is 383 g/mol. The molecule has 0 spiro atoms. The van der Waals surface area contributed by atoms with Crippen LogP contribution < -0.4 is 0 Å². The molecule has 2 aliphatic heterocycles. The van der Waals surface area contributed by atoms with Crippen molar-refractivity contribution in [3.05, 3.63) is 11.4 Å². The molecule has 1 amide bonds. The highest BCUT2D eigenvalue weighted by Crippen LogP contribution is 2.27. The van der Waals surface area contributed by atoms with E-state index in [1.807, 2.05) is 4.90 Å². The molecule has 0 saturated carbocycles. The maximum Gasteiger partial charge on any atom is 0.246 e. The molecule has 1 N–H and O–H groups in total. The molecule has 0 atom stereocenters. The first-order chi connectivity index (χ1) is 12.3. The quantitative estimate of drug-likeness (QED) is 0.822. The van der Waals surface area contributed by atoms with Gasteiger partial charge in [-0.05, 0) is 33.2 Å². The van der Waals surface area contributed by atoms with E-state index >= 15 is 0 Å². The smallest absolute Gasteiger partial charge is 0.246 e. The molecule has 3 heterocycles. The number of aromatic nitrogens is 2. The number of carbonyl (C=O) groups is 1. The molecule has 0 radical (unpaired) electrons. The van der Waals surface area contributed by atoms with Crippen LogP contribution in [0.4, 0.5) is 0 Å². The number of likely N-dealkylation sites (N-methyl/N-ethyl adjacent to an activating group) is 1. The summed E-state index contributed by atoms with van der Waals surface area (Å²) in [5, 5.41) is 6.74. The first-order valence-corrected chi connectivity index (χ1v) is 10.8. The Morgan fingerprint density at radius 2 is 1.73 bits per heavy atom. The molecule has 26 heavy (non-hydrogen) atoms. The van der Waals surface area contributed by atoms with E-state index in [0.29, 0.717) is 37.3 Å². The summed E-state index contributed by atoms with van der Waals surface area (Å²) in [7, 11) is -3.56. The Morgan fingerprint density at radius 3 is 2.23 bits per heavy atom. The largest absolute Gasteiger partial charge is 0.340 e. The first kappa shape index (κ1) is 19.3. The normalized spacial score (nSPS) is 21.3. The van der Waals surface area contributed by atoms with Gasteiger partial charge >= 0.3 is 0 Å². The number of carbonyl (C=O) groups excluding carboxylic acids is 1. The van der Waals surface area contributed by atoms with Crippen LogP contribution in [0.25, 0.3) is 0 Å². The lowest BCUT2D eigenvalue weighted by Gasteiger charge is -2.38. The number of nitrogens with zero attached hydrogens (tertiary/aromatic N) is 4. The van der Waals surface area contributed by atoms with Gasteiger partial charge in [0.05, 0.1) is 11.4 Å².